The van der Waals surface area contributed by atoms with Crippen LogP contribution in [0, 0.1) is 11.3 Å². The number of aromatic nitrogens is 4. The first-order valence-electron chi connectivity index (χ1n) is 11.6. The van der Waals surface area contributed by atoms with Crippen LogP contribution in [0.5, 0.6) is 0 Å². The van der Waals surface area contributed by atoms with Gasteiger partial charge < -0.3 is 9.67 Å². The van der Waals surface area contributed by atoms with Gasteiger partial charge in [-0.2, -0.15) is 14.0 Å². The monoisotopic (exact) mass is 495 g/mol. The molecule has 0 aliphatic heterocycles. The van der Waals surface area contributed by atoms with E-state index in [2.05, 4.69) is 21.0 Å². The minimum absolute atomic E-state index is 0.0978. The molecule has 37 heavy (non-hydrogen) atoms. The van der Waals surface area contributed by atoms with Crippen LogP contribution in [-0.2, 0) is 25.0 Å². The number of aliphatic hydroxyl groups is 1. The Morgan fingerprint density at radius 2 is 1.81 bits per heavy atom. The van der Waals surface area contributed by atoms with Gasteiger partial charge in [0.05, 0.1) is 35.0 Å². The lowest BCUT2D eigenvalue weighted by Gasteiger charge is -2.29. The van der Waals surface area contributed by atoms with Crippen LogP contribution < -0.4 is 0 Å². The van der Waals surface area contributed by atoms with Gasteiger partial charge >= 0.3 is 0 Å². The summed E-state index contributed by atoms with van der Waals surface area (Å²) in [6.45, 7) is 0.785. The Morgan fingerprint density at radius 1 is 1.05 bits per heavy atom. The highest BCUT2D eigenvalue weighted by Crippen LogP contribution is 2.39. The number of fused-ring (bicyclic) bond motifs is 1. The van der Waals surface area contributed by atoms with Crippen LogP contribution in [0.1, 0.15) is 46.3 Å². The largest absolute Gasteiger partial charge is 0.373 e. The maximum absolute atomic E-state index is 14.8. The van der Waals surface area contributed by atoms with Crippen molar-refractivity contribution >= 4 is 10.9 Å². The molecule has 0 aliphatic rings. The average molecular weight is 496 g/mol. The zero-order valence-corrected chi connectivity index (χ0v) is 20.2. The van der Waals surface area contributed by atoms with Crippen molar-refractivity contribution in [3.05, 3.63) is 125 Å². The molecule has 8 heteroatoms. The molecule has 1 atom stereocenters. The van der Waals surface area contributed by atoms with Crippen LogP contribution in [-0.4, -0.2) is 24.6 Å². The third kappa shape index (κ3) is 4.24. The summed E-state index contributed by atoms with van der Waals surface area (Å²) in [6.07, 6.45) is 4.81. The molecule has 5 rings (SSSR count). The Balaban J connectivity index is 1.80. The third-order valence-corrected chi connectivity index (χ3v) is 6.48. The van der Waals surface area contributed by atoms with Crippen molar-refractivity contribution in [2.45, 2.75) is 24.9 Å². The molecule has 0 bridgehead atoms. The van der Waals surface area contributed by atoms with Crippen molar-refractivity contribution < 1.29 is 13.9 Å². The minimum Gasteiger partial charge on any atom is -0.373 e. The Bertz CT molecular complexity index is 1620. The number of pyridine rings is 2. The predicted molar refractivity (Wildman–Crippen MR) is 135 cm³/mol. The number of nitriles is 1. The molecule has 0 aliphatic carbocycles. The van der Waals surface area contributed by atoms with E-state index in [4.69, 9.17) is 0 Å². The summed E-state index contributed by atoms with van der Waals surface area (Å²) in [5.74, 6) is -3.26. The number of halogens is 2. The lowest BCUT2D eigenvalue weighted by atomic mass is 9.84. The number of hydrogen-bond donors (Lipinski definition) is 1. The van der Waals surface area contributed by atoms with Crippen LogP contribution in [0.3, 0.4) is 0 Å². The van der Waals surface area contributed by atoms with E-state index in [9.17, 15) is 19.1 Å². The van der Waals surface area contributed by atoms with Crippen molar-refractivity contribution in [2.24, 2.45) is 7.05 Å². The van der Waals surface area contributed by atoms with Crippen molar-refractivity contribution in [3.63, 3.8) is 0 Å². The lowest BCUT2D eigenvalue weighted by molar-refractivity contribution is 0.0122. The fourth-order valence-electron chi connectivity index (χ4n) is 4.70. The normalized spacial score (nSPS) is 13.3. The standard InChI is InChI=1S/C29H23F2N5O/c1-28(30,31)27-22(14-19-8-4-3-5-9-19)23(16-32)21-15-20(11-12-24(21)35-27)29(37,25-10-6-7-13-34-25)26-17-33-18-36(26)2/h3-13,15,17-18,37H,14H2,1-2H3. The van der Waals surface area contributed by atoms with Crippen LogP contribution in [0.25, 0.3) is 10.9 Å². The molecule has 0 spiro atoms. The summed E-state index contributed by atoms with van der Waals surface area (Å²) in [4.78, 5) is 12.9. The molecule has 0 fully saturated rings. The van der Waals surface area contributed by atoms with E-state index in [1.807, 2.05) is 30.3 Å². The van der Waals surface area contributed by atoms with Gasteiger partial charge in [-0.1, -0.05) is 42.5 Å². The van der Waals surface area contributed by atoms with E-state index in [0.717, 1.165) is 12.5 Å². The Hall–Kier alpha value is -4.48. The van der Waals surface area contributed by atoms with Gasteiger partial charge in [0.1, 0.15) is 11.8 Å². The maximum atomic E-state index is 14.8. The second kappa shape index (κ2) is 9.19. The molecule has 0 radical (unpaired) electrons. The van der Waals surface area contributed by atoms with Crippen LogP contribution in [0.4, 0.5) is 8.78 Å². The number of rotatable bonds is 6. The molecule has 184 valence electrons. The summed E-state index contributed by atoms with van der Waals surface area (Å²) >= 11 is 0. The van der Waals surface area contributed by atoms with Crippen LogP contribution in [0.2, 0.25) is 0 Å². The third-order valence-electron chi connectivity index (χ3n) is 6.48. The predicted octanol–water partition coefficient (Wildman–Crippen LogP) is 5.22. The number of benzene rings is 2. The molecule has 5 aromatic rings. The number of hydrogen-bond acceptors (Lipinski definition) is 5. The highest BCUT2D eigenvalue weighted by Gasteiger charge is 2.39. The van der Waals surface area contributed by atoms with Crippen LogP contribution in [0.15, 0.2) is 85.5 Å². The van der Waals surface area contributed by atoms with E-state index in [0.29, 0.717) is 22.3 Å². The van der Waals surface area contributed by atoms with Gasteiger partial charge in [-0.15, -0.1) is 0 Å². The van der Waals surface area contributed by atoms with Crippen molar-refractivity contribution in [2.75, 3.05) is 0 Å². The molecule has 0 saturated heterocycles. The van der Waals surface area contributed by atoms with Gasteiger partial charge in [0, 0.05) is 37.5 Å². The summed E-state index contributed by atoms with van der Waals surface area (Å²) in [6, 6.07) is 21.3. The molecule has 3 aromatic heterocycles. The van der Waals surface area contributed by atoms with Gasteiger partial charge in [-0.25, -0.2) is 9.97 Å². The van der Waals surface area contributed by atoms with Crippen molar-refractivity contribution in [1.29, 1.82) is 5.26 Å². The van der Waals surface area contributed by atoms with E-state index >= 15 is 0 Å². The zero-order chi connectivity index (χ0) is 26.2. The van der Waals surface area contributed by atoms with E-state index < -0.39 is 17.2 Å². The fraction of sp³-hybridized carbons (Fsp3) is 0.172. The first-order valence-corrected chi connectivity index (χ1v) is 11.6. The molecule has 0 amide bonds. The Kier molecular flexibility index (Phi) is 6.02. The van der Waals surface area contributed by atoms with E-state index in [-0.39, 0.29) is 23.1 Å². The topological polar surface area (TPSA) is 87.6 Å². The summed E-state index contributed by atoms with van der Waals surface area (Å²) in [5, 5.41) is 22.7. The first-order chi connectivity index (χ1) is 17.7. The van der Waals surface area contributed by atoms with E-state index in [1.165, 1.54) is 0 Å². The molecule has 1 N–H and O–H groups in total. The van der Waals surface area contributed by atoms with Gasteiger partial charge in [0.2, 0.25) is 0 Å². The molecule has 0 saturated carbocycles. The fourth-order valence-corrected chi connectivity index (χ4v) is 4.70. The quantitative estimate of drug-likeness (QED) is 0.349. The first kappa shape index (κ1) is 24.2. The smallest absolute Gasteiger partial charge is 0.287 e. The lowest BCUT2D eigenvalue weighted by Crippen LogP contribution is -2.32. The van der Waals surface area contributed by atoms with Gasteiger partial charge in [0.25, 0.3) is 5.92 Å². The molecular weight excluding hydrogens is 472 g/mol. The number of aryl methyl sites for hydroxylation is 1. The minimum atomic E-state index is -3.26. The van der Waals surface area contributed by atoms with Gasteiger partial charge in [0.15, 0.2) is 5.60 Å². The summed E-state index contributed by atoms with van der Waals surface area (Å²) < 4.78 is 31.2. The number of alkyl halides is 2. The van der Waals surface area contributed by atoms with Gasteiger partial charge in [-0.05, 0) is 35.4 Å². The zero-order valence-electron chi connectivity index (χ0n) is 20.2. The van der Waals surface area contributed by atoms with Crippen molar-refractivity contribution in [1.82, 2.24) is 19.5 Å². The van der Waals surface area contributed by atoms with Crippen LogP contribution >= 0.6 is 0 Å². The molecule has 6 nitrogen and oxygen atoms in total. The number of imidazole rings is 1. The second-order valence-electron chi connectivity index (χ2n) is 9.02. The van der Waals surface area contributed by atoms with Crippen molar-refractivity contribution in [3.8, 4) is 6.07 Å². The highest BCUT2D eigenvalue weighted by atomic mass is 19.3. The highest BCUT2D eigenvalue weighted by molar-refractivity contribution is 5.87. The Morgan fingerprint density at radius 3 is 2.43 bits per heavy atom. The molecular formula is C29H23F2N5O. The second-order valence-corrected chi connectivity index (χ2v) is 9.02. The molecule has 3 heterocycles. The summed E-state index contributed by atoms with van der Waals surface area (Å²) in [7, 11) is 1.76. The molecule has 1 unspecified atom stereocenters. The van der Waals surface area contributed by atoms with Gasteiger partial charge in [-0.3, -0.25) is 4.98 Å². The van der Waals surface area contributed by atoms with E-state index in [1.54, 1.807) is 66.7 Å². The SMILES string of the molecule is Cn1cncc1C(O)(c1ccc2nc(C(C)(F)F)c(Cc3ccccc3)c(C#N)c2c1)c1ccccn1. The number of nitrogens with zero attached hydrogens (tertiary/aromatic N) is 5. The average Bonchev–Trinajstić information content (AvgIpc) is 3.34. The maximum Gasteiger partial charge on any atom is 0.287 e. The summed E-state index contributed by atoms with van der Waals surface area (Å²) in [5.41, 5.74) is 0.336. The Labute approximate surface area is 212 Å². The molecule has 2 aromatic carbocycles.